The van der Waals surface area contributed by atoms with Crippen LogP contribution in [0, 0.1) is 17.1 Å². The van der Waals surface area contributed by atoms with Gasteiger partial charge in [0.2, 0.25) is 0 Å². The SMILES string of the molecule is Cn1ncc(Br)c1-c1c(F)c(Cl)cc(OC2(C)CC2)c1C#N. The zero-order chi connectivity index (χ0) is 16.1. The van der Waals surface area contributed by atoms with Gasteiger partial charge in [0, 0.05) is 13.1 Å². The first-order valence-electron chi connectivity index (χ1n) is 6.65. The third-order valence-electron chi connectivity index (χ3n) is 3.74. The molecule has 1 heterocycles. The molecule has 1 aliphatic carbocycles. The summed E-state index contributed by atoms with van der Waals surface area (Å²) in [4.78, 5) is 0. The van der Waals surface area contributed by atoms with Gasteiger partial charge in [-0.25, -0.2) is 4.39 Å². The lowest BCUT2D eigenvalue weighted by Crippen LogP contribution is -2.14. The molecule has 114 valence electrons. The number of aromatic nitrogens is 2. The van der Waals surface area contributed by atoms with Crippen molar-refractivity contribution in [3.05, 3.63) is 33.1 Å². The van der Waals surface area contributed by atoms with Crippen molar-refractivity contribution < 1.29 is 9.13 Å². The van der Waals surface area contributed by atoms with Crippen LogP contribution in [-0.4, -0.2) is 15.4 Å². The molecule has 0 N–H and O–H groups in total. The van der Waals surface area contributed by atoms with Crippen LogP contribution in [-0.2, 0) is 7.05 Å². The molecular weight excluding hydrogens is 373 g/mol. The summed E-state index contributed by atoms with van der Waals surface area (Å²) >= 11 is 9.34. The van der Waals surface area contributed by atoms with E-state index in [1.807, 2.05) is 13.0 Å². The van der Waals surface area contributed by atoms with Crippen LogP contribution >= 0.6 is 27.5 Å². The fourth-order valence-corrected chi connectivity index (χ4v) is 2.99. The number of ether oxygens (including phenoxy) is 1. The Labute approximate surface area is 140 Å². The van der Waals surface area contributed by atoms with Crippen LogP contribution in [0.15, 0.2) is 16.7 Å². The molecule has 1 aliphatic rings. The van der Waals surface area contributed by atoms with E-state index < -0.39 is 5.82 Å². The van der Waals surface area contributed by atoms with Gasteiger partial charge in [0.1, 0.15) is 23.0 Å². The molecule has 0 saturated heterocycles. The quantitative estimate of drug-likeness (QED) is 0.786. The highest BCUT2D eigenvalue weighted by Gasteiger charge is 2.41. The molecule has 1 aromatic carbocycles. The summed E-state index contributed by atoms with van der Waals surface area (Å²) in [6, 6.07) is 3.41. The van der Waals surface area contributed by atoms with Gasteiger partial charge >= 0.3 is 0 Å². The third-order valence-corrected chi connectivity index (χ3v) is 4.59. The highest BCUT2D eigenvalue weighted by Crippen LogP contribution is 2.45. The normalized spacial score (nSPS) is 15.5. The number of nitrogens with zero attached hydrogens (tertiary/aromatic N) is 3. The Hall–Kier alpha value is -1.58. The van der Waals surface area contributed by atoms with E-state index in [2.05, 4.69) is 21.0 Å². The molecule has 0 spiro atoms. The summed E-state index contributed by atoms with van der Waals surface area (Å²) in [5, 5.41) is 13.5. The van der Waals surface area contributed by atoms with Crippen LogP contribution in [0.1, 0.15) is 25.3 Å². The van der Waals surface area contributed by atoms with Gasteiger partial charge in [0.05, 0.1) is 26.9 Å². The smallest absolute Gasteiger partial charge is 0.152 e. The Morgan fingerprint density at radius 3 is 2.73 bits per heavy atom. The van der Waals surface area contributed by atoms with Gasteiger partial charge in [-0.2, -0.15) is 10.4 Å². The molecule has 0 unspecified atom stereocenters. The molecule has 7 heteroatoms. The van der Waals surface area contributed by atoms with Crippen LogP contribution in [0.2, 0.25) is 5.02 Å². The molecule has 3 rings (SSSR count). The van der Waals surface area contributed by atoms with Gasteiger partial charge in [0.25, 0.3) is 0 Å². The second kappa shape index (κ2) is 5.25. The average Bonchev–Trinajstić information content (AvgIpc) is 3.10. The van der Waals surface area contributed by atoms with Crippen molar-refractivity contribution in [2.75, 3.05) is 0 Å². The van der Waals surface area contributed by atoms with E-state index in [0.29, 0.717) is 15.9 Å². The van der Waals surface area contributed by atoms with Crippen LogP contribution < -0.4 is 4.74 Å². The number of hydrogen-bond donors (Lipinski definition) is 0. The lowest BCUT2D eigenvalue weighted by molar-refractivity contribution is 0.199. The van der Waals surface area contributed by atoms with E-state index in [0.717, 1.165) is 12.8 Å². The fraction of sp³-hybridized carbons (Fsp3) is 0.333. The molecule has 1 aromatic heterocycles. The molecule has 1 saturated carbocycles. The van der Waals surface area contributed by atoms with E-state index in [1.54, 1.807) is 13.2 Å². The van der Waals surface area contributed by atoms with E-state index in [-0.39, 0.29) is 21.8 Å². The van der Waals surface area contributed by atoms with Crippen LogP contribution in [0.4, 0.5) is 4.39 Å². The average molecular weight is 385 g/mol. The maximum Gasteiger partial charge on any atom is 0.152 e. The summed E-state index contributed by atoms with van der Waals surface area (Å²) in [5.41, 5.74) is 0.371. The highest BCUT2D eigenvalue weighted by atomic mass is 79.9. The van der Waals surface area contributed by atoms with Crippen molar-refractivity contribution in [1.29, 1.82) is 5.26 Å². The van der Waals surface area contributed by atoms with Gasteiger partial charge in [-0.05, 0) is 35.7 Å². The lowest BCUT2D eigenvalue weighted by atomic mass is 10.0. The fourth-order valence-electron chi connectivity index (χ4n) is 2.25. The van der Waals surface area contributed by atoms with Crippen molar-refractivity contribution in [2.24, 2.45) is 7.05 Å². The predicted octanol–water partition coefficient (Wildman–Crippen LogP) is 4.45. The van der Waals surface area contributed by atoms with Crippen molar-refractivity contribution in [3.8, 4) is 23.1 Å². The standard InChI is InChI=1S/C15H12BrClFN3O/c1-15(3-4-15)22-11-5-10(17)13(18)12(8(11)6-19)14-9(16)7-20-21(14)2/h5,7H,3-4H2,1-2H3. The summed E-state index contributed by atoms with van der Waals surface area (Å²) in [5.74, 6) is -0.354. The minimum absolute atomic E-state index is 0.0821. The molecule has 0 radical (unpaired) electrons. The van der Waals surface area contributed by atoms with E-state index >= 15 is 0 Å². The first-order chi connectivity index (χ1) is 10.4. The number of aryl methyl sites for hydroxylation is 1. The number of halogens is 3. The van der Waals surface area contributed by atoms with Crippen molar-refractivity contribution in [3.63, 3.8) is 0 Å². The molecule has 0 bridgehead atoms. The summed E-state index contributed by atoms with van der Waals surface area (Å²) < 4.78 is 22.5. The van der Waals surface area contributed by atoms with Crippen molar-refractivity contribution in [1.82, 2.24) is 9.78 Å². The van der Waals surface area contributed by atoms with Gasteiger partial charge < -0.3 is 4.74 Å². The first kappa shape index (κ1) is 15.3. The third kappa shape index (κ3) is 2.49. The lowest BCUT2D eigenvalue weighted by Gasteiger charge is -2.17. The van der Waals surface area contributed by atoms with E-state index in [1.165, 1.54) is 10.7 Å². The monoisotopic (exact) mass is 383 g/mol. The van der Waals surface area contributed by atoms with E-state index in [9.17, 15) is 9.65 Å². The molecule has 2 aromatic rings. The number of rotatable bonds is 3. The molecule has 0 amide bonds. The molecule has 0 atom stereocenters. The summed E-state index contributed by atoms with van der Waals surface area (Å²) in [7, 11) is 1.67. The highest BCUT2D eigenvalue weighted by molar-refractivity contribution is 9.10. The zero-order valence-electron chi connectivity index (χ0n) is 12.0. The minimum atomic E-state index is -0.657. The van der Waals surface area contributed by atoms with Gasteiger partial charge in [-0.15, -0.1) is 0 Å². The van der Waals surface area contributed by atoms with Crippen LogP contribution in [0.3, 0.4) is 0 Å². The number of hydrogen-bond acceptors (Lipinski definition) is 3. The molecule has 22 heavy (non-hydrogen) atoms. The van der Waals surface area contributed by atoms with Gasteiger partial charge in [-0.1, -0.05) is 11.6 Å². The molecule has 1 fully saturated rings. The number of benzene rings is 1. The summed E-state index contributed by atoms with van der Waals surface area (Å²) in [6.45, 7) is 1.95. The van der Waals surface area contributed by atoms with Gasteiger partial charge in [-0.3, -0.25) is 4.68 Å². The zero-order valence-corrected chi connectivity index (χ0v) is 14.3. The Morgan fingerprint density at radius 1 is 1.55 bits per heavy atom. The Bertz CT molecular complexity index is 789. The maximum atomic E-state index is 14.6. The predicted molar refractivity (Wildman–Crippen MR) is 84.3 cm³/mol. The minimum Gasteiger partial charge on any atom is -0.486 e. The summed E-state index contributed by atoms with van der Waals surface area (Å²) in [6.07, 6.45) is 3.34. The van der Waals surface area contributed by atoms with Gasteiger partial charge in [0.15, 0.2) is 5.82 Å². The molecule has 0 aliphatic heterocycles. The second-order valence-corrected chi connectivity index (χ2v) is 6.81. The van der Waals surface area contributed by atoms with Crippen molar-refractivity contribution >= 4 is 27.5 Å². The number of nitriles is 1. The van der Waals surface area contributed by atoms with E-state index in [4.69, 9.17) is 16.3 Å². The van der Waals surface area contributed by atoms with Crippen LogP contribution in [0.5, 0.6) is 5.75 Å². The second-order valence-electron chi connectivity index (χ2n) is 5.55. The molecule has 4 nitrogen and oxygen atoms in total. The Morgan fingerprint density at radius 2 is 2.23 bits per heavy atom. The Kier molecular flexibility index (Phi) is 3.66. The van der Waals surface area contributed by atoms with Crippen LogP contribution in [0.25, 0.3) is 11.3 Å². The molecular formula is C15H12BrClFN3O. The topological polar surface area (TPSA) is 50.8 Å². The van der Waals surface area contributed by atoms with Crippen molar-refractivity contribution in [2.45, 2.75) is 25.4 Å². The Balaban J connectivity index is 2.27. The first-order valence-corrected chi connectivity index (χ1v) is 7.82. The largest absolute Gasteiger partial charge is 0.486 e. The maximum absolute atomic E-state index is 14.6.